The van der Waals surface area contributed by atoms with E-state index in [-0.39, 0.29) is 0 Å². The topological polar surface area (TPSA) is 50.7 Å². The number of rotatable bonds is 1. The Labute approximate surface area is 64.4 Å². The minimum atomic E-state index is 0.692. The van der Waals surface area contributed by atoms with Crippen LogP contribution in [0.5, 0.6) is 0 Å². The van der Waals surface area contributed by atoms with E-state index < -0.39 is 0 Å². The van der Waals surface area contributed by atoms with Crippen LogP contribution in [-0.2, 0) is 0 Å². The third kappa shape index (κ3) is 2.11. The van der Waals surface area contributed by atoms with Crippen molar-refractivity contribution in [3.8, 4) is 6.07 Å². The van der Waals surface area contributed by atoms with Gasteiger partial charge >= 0.3 is 0 Å². The molecular weight excluding hydrogens is 140 g/mol. The van der Waals surface area contributed by atoms with Crippen LogP contribution in [0, 0.1) is 16.5 Å². The van der Waals surface area contributed by atoms with Crippen molar-refractivity contribution in [1.82, 2.24) is 0 Å². The first-order valence-corrected chi connectivity index (χ1v) is 3.08. The van der Waals surface area contributed by atoms with Crippen molar-refractivity contribution in [3.05, 3.63) is 41.4 Å². The molecule has 3 heteroatoms. The predicted molar refractivity (Wildman–Crippen MR) is 40.0 cm³/mol. The summed E-state index contributed by atoms with van der Waals surface area (Å²) in [6.45, 7) is 0. The lowest BCUT2D eigenvalue weighted by Crippen LogP contribution is -2.24. The van der Waals surface area contributed by atoms with Crippen molar-refractivity contribution < 1.29 is 4.73 Å². The summed E-state index contributed by atoms with van der Waals surface area (Å²) in [5, 5.41) is 18.8. The van der Waals surface area contributed by atoms with Crippen LogP contribution in [0.25, 0.3) is 6.08 Å². The van der Waals surface area contributed by atoms with E-state index in [9.17, 15) is 5.21 Å². The van der Waals surface area contributed by atoms with Gasteiger partial charge in [-0.3, -0.25) is 0 Å². The van der Waals surface area contributed by atoms with Crippen molar-refractivity contribution in [1.29, 1.82) is 5.26 Å². The highest BCUT2D eigenvalue weighted by Gasteiger charge is 1.89. The fraction of sp³-hybridized carbons (Fsp3) is 0. The van der Waals surface area contributed by atoms with Gasteiger partial charge in [0.15, 0.2) is 12.4 Å². The fourth-order valence-corrected chi connectivity index (χ4v) is 0.704. The number of nitrogens with zero attached hydrogens (tertiary/aromatic N) is 2. The molecule has 11 heavy (non-hydrogen) atoms. The highest BCUT2D eigenvalue weighted by Crippen LogP contribution is 1.95. The molecule has 0 saturated carbocycles. The van der Waals surface area contributed by atoms with Crippen molar-refractivity contribution in [2.24, 2.45) is 0 Å². The molecule has 1 aromatic rings. The molecule has 1 heterocycles. The average Bonchev–Trinajstić information content (AvgIpc) is 2.01. The number of allylic oxidation sites excluding steroid dienone is 1. The first kappa shape index (κ1) is 7.29. The van der Waals surface area contributed by atoms with Gasteiger partial charge < -0.3 is 5.21 Å². The molecule has 1 aromatic heterocycles. The van der Waals surface area contributed by atoms with Crippen LogP contribution in [0.3, 0.4) is 0 Å². The zero-order valence-corrected chi connectivity index (χ0v) is 5.77. The summed E-state index contributed by atoms with van der Waals surface area (Å²) in [5.41, 5.74) is 0.726. The number of hydrogen-bond donors (Lipinski definition) is 0. The quantitative estimate of drug-likeness (QED) is 0.335. The average molecular weight is 146 g/mol. The Hall–Kier alpha value is -1.82. The third-order valence-corrected chi connectivity index (χ3v) is 1.15. The molecule has 0 atom stereocenters. The monoisotopic (exact) mass is 146 g/mol. The summed E-state index contributed by atoms with van der Waals surface area (Å²) in [5.74, 6) is 0. The summed E-state index contributed by atoms with van der Waals surface area (Å²) in [6.07, 6.45) is 5.70. The van der Waals surface area contributed by atoms with Crippen LogP contribution in [0.2, 0.25) is 0 Å². The van der Waals surface area contributed by atoms with E-state index in [0.29, 0.717) is 4.73 Å². The predicted octanol–water partition coefficient (Wildman–Crippen LogP) is 0.857. The maximum Gasteiger partial charge on any atom is 0.187 e. The minimum absolute atomic E-state index is 0.692. The summed E-state index contributed by atoms with van der Waals surface area (Å²) in [6, 6.07) is 5.23. The Balaban J connectivity index is 2.90. The molecule has 54 valence electrons. The van der Waals surface area contributed by atoms with Crippen LogP contribution < -0.4 is 4.73 Å². The lowest BCUT2D eigenvalue weighted by molar-refractivity contribution is -0.605. The number of nitriles is 1. The summed E-state index contributed by atoms with van der Waals surface area (Å²) >= 11 is 0. The van der Waals surface area contributed by atoms with Gasteiger partial charge in [0.2, 0.25) is 0 Å². The van der Waals surface area contributed by atoms with E-state index in [4.69, 9.17) is 5.26 Å². The van der Waals surface area contributed by atoms with Crippen LogP contribution in [0.4, 0.5) is 0 Å². The van der Waals surface area contributed by atoms with Gasteiger partial charge in [0.25, 0.3) is 0 Å². The molecule has 0 N–H and O–H groups in total. The molecule has 1 rings (SSSR count). The molecule has 0 aromatic carbocycles. The third-order valence-electron chi connectivity index (χ3n) is 1.15. The van der Waals surface area contributed by atoms with Crippen molar-refractivity contribution >= 4 is 6.08 Å². The number of hydrogen-bond acceptors (Lipinski definition) is 2. The molecular formula is C8H6N2O. The lowest BCUT2D eigenvalue weighted by atomic mass is 10.3. The van der Waals surface area contributed by atoms with Gasteiger partial charge in [-0.2, -0.15) is 9.99 Å². The summed E-state index contributed by atoms with van der Waals surface area (Å²) in [4.78, 5) is 0. The minimum Gasteiger partial charge on any atom is -0.619 e. The fourth-order valence-electron chi connectivity index (χ4n) is 0.704. The van der Waals surface area contributed by atoms with E-state index in [0.717, 1.165) is 5.56 Å². The van der Waals surface area contributed by atoms with Gasteiger partial charge in [0.05, 0.1) is 6.07 Å². The normalized spacial score (nSPS) is 9.73. The lowest BCUT2D eigenvalue weighted by Gasteiger charge is -1.93. The Kier molecular flexibility index (Phi) is 2.24. The van der Waals surface area contributed by atoms with E-state index in [1.165, 1.54) is 18.5 Å². The highest BCUT2D eigenvalue weighted by molar-refractivity contribution is 5.49. The van der Waals surface area contributed by atoms with Gasteiger partial charge in [-0.1, -0.05) is 0 Å². The molecule has 0 aliphatic heterocycles. The van der Waals surface area contributed by atoms with Gasteiger partial charge in [-0.25, -0.2) is 0 Å². The molecule has 0 amide bonds. The Morgan fingerprint density at radius 2 is 2.45 bits per heavy atom. The molecule has 0 bridgehead atoms. The molecule has 0 aliphatic rings. The largest absolute Gasteiger partial charge is 0.619 e. The zero-order chi connectivity index (χ0) is 8.10. The summed E-state index contributed by atoms with van der Waals surface area (Å²) in [7, 11) is 0. The highest BCUT2D eigenvalue weighted by atomic mass is 16.5. The van der Waals surface area contributed by atoms with Gasteiger partial charge in [0.1, 0.15) is 0 Å². The Morgan fingerprint density at radius 1 is 1.64 bits per heavy atom. The van der Waals surface area contributed by atoms with Crippen molar-refractivity contribution in [2.75, 3.05) is 0 Å². The molecule has 3 nitrogen and oxygen atoms in total. The second-order valence-electron chi connectivity index (χ2n) is 1.96. The molecule has 0 fully saturated rings. The van der Waals surface area contributed by atoms with E-state index >= 15 is 0 Å². The van der Waals surface area contributed by atoms with E-state index in [1.54, 1.807) is 18.2 Å². The first-order valence-electron chi connectivity index (χ1n) is 3.08. The van der Waals surface area contributed by atoms with Crippen molar-refractivity contribution in [2.45, 2.75) is 0 Å². The van der Waals surface area contributed by atoms with E-state index in [2.05, 4.69) is 0 Å². The first-order chi connectivity index (χ1) is 5.33. The van der Waals surface area contributed by atoms with Crippen LogP contribution in [0.1, 0.15) is 5.56 Å². The number of aromatic nitrogens is 1. The smallest absolute Gasteiger partial charge is 0.187 e. The standard InChI is InChI=1S/C8H6N2O/c9-5-1-3-8-4-2-6-10(11)7-8/h1-4,6-7H. The Morgan fingerprint density at radius 3 is 3.09 bits per heavy atom. The van der Waals surface area contributed by atoms with Crippen molar-refractivity contribution in [3.63, 3.8) is 0 Å². The maximum atomic E-state index is 10.7. The molecule has 0 spiro atoms. The van der Waals surface area contributed by atoms with Gasteiger partial charge in [0, 0.05) is 17.7 Å². The maximum absolute atomic E-state index is 10.7. The summed E-state index contributed by atoms with van der Waals surface area (Å²) < 4.78 is 0.692. The molecule has 0 aliphatic carbocycles. The van der Waals surface area contributed by atoms with Gasteiger partial charge in [-0.15, -0.1) is 0 Å². The Bertz CT molecular complexity index is 312. The zero-order valence-electron chi connectivity index (χ0n) is 5.77. The number of pyridine rings is 1. The SMILES string of the molecule is N#CC=Cc1ccc[n+]([O-])c1. The van der Waals surface area contributed by atoms with E-state index in [1.807, 2.05) is 6.07 Å². The molecule has 0 radical (unpaired) electrons. The van der Waals surface area contributed by atoms with Crippen LogP contribution in [-0.4, -0.2) is 0 Å². The second-order valence-corrected chi connectivity index (χ2v) is 1.96. The van der Waals surface area contributed by atoms with Crippen LogP contribution >= 0.6 is 0 Å². The molecule has 0 saturated heterocycles. The van der Waals surface area contributed by atoms with Crippen LogP contribution in [0.15, 0.2) is 30.6 Å². The van der Waals surface area contributed by atoms with Gasteiger partial charge in [-0.05, 0) is 12.1 Å². The molecule has 0 unspecified atom stereocenters. The second kappa shape index (κ2) is 3.37.